The highest BCUT2D eigenvalue weighted by atomic mass is 19.3. The molecule has 0 saturated carbocycles. The van der Waals surface area contributed by atoms with Gasteiger partial charge in [0.25, 0.3) is 17.5 Å². The number of nitriles is 1. The number of hydrogen-bond acceptors (Lipinski definition) is 5. The fourth-order valence-electron chi connectivity index (χ4n) is 3.08. The lowest BCUT2D eigenvalue weighted by Crippen LogP contribution is -2.38. The minimum Gasteiger partial charge on any atom is -0.449 e. The number of aromatic nitrogens is 3. The zero-order chi connectivity index (χ0) is 27.0. The van der Waals surface area contributed by atoms with Gasteiger partial charge in [-0.25, -0.2) is 18.2 Å². The Morgan fingerprint density at radius 3 is 2.44 bits per heavy atom. The van der Waals surface area contributed by atoms with Gasteiger partial charge in [-0.05, 0) is 25.1 Å². The molecule has 0 bridgehead atoms. The van der Waals surface area contributed by atoms with Gasteiger partial charge in [0.2, 0.25) is 5.75 Å². The number of nitrogens with zero attached hydrogens (tertiary/aromatic N) is 3. The van der Waals surface area contributed by atoms with Crippen LogP contribution in [0.4, 0.5) is 30.7 Å². The lowest BCUT2D eigenvalue weighted by molar-refractivity contribution is -0.207. The van der Waals surface area contributed by atoms with E-state index in [0.29, 0.717) is 17.0 Å². The molecular formula is C22H15F7N4O3. The second-order valence-electron chi connectivity index (χ2n) is 7.70. The number of rotatable bonds is 7. The Morgan fingerprint density at radius 2 is 1.86 bits per heavy atom. The number of ether oxygens (including phenoxy) is 1. The molecule has 0 saturated heterocycles. The van der Waals surface area contributed by atoms with Crippen LogP contribution in [0, 0.1) is 24.1 Å². The van der Waals surface area contributed by atoms with Crippen molar-refractivity contribution in [3.05, 3.63) is 85.2 Å². The van der Waals surface area contributed by atoms with E-state index in [2.05, 4.69) is 4.98 Å². The molecule has 0 amide bonds. The molecule has 3 aromatic rings. The number of halogens is 7. The maximum Gasteiger partial charge on any atom is 0.355 e. The van der Waals surface area contributed by atoms with Crippen molar-refractivity contribution in [1.82, 2.24) is 14.5 Å². The summed E-state index contributed by atoms with van der Waals surface area (Å²) >= 11 is 0. The minimum absolute atomic E-state index is 0.132. The zero-order valence-electron chi connectivity index (χ0n) is 18.4. The van der Waals surface area contributed by atoms with E-state index in [4.69, 9.17) is 4.74 Å². The predicted molar refractivity (Wildman–Crippen MR) is 110 cm³/mol. The van der Waals surface area contributed by atoms with Crippen molar-refractivity contribution in [1.29, 1.82) is 5.26 Å². The molecule has 0 aliphatic rings. The molecule has 2 heterocycles. The molecule has 1 N–H and O–H groups in total. The van der Waals surface area contributed by atoms with Gasteiger partial charge in [0.05, 0.1) is 24.5 Å². The van der Waals surface area contributed by atoms with Crippen LogP contribution in [-0.2, 0) is 12.5 Å². The van der Waals surface area contributed by atoms with Crippen molar-refractivity contribution in [2.24, 2.45) is 0 Å². The minimum atomic E-state index is -5.07. The molecule has 36 heavy (non-hydrogen) atoms. The quantitative estimate of drug-likeness (QED) is 0.456. The summed E-state index contributed by atoms with van der Waals surface area (Å²) in [4.78, 5) is 30.3. The SMILES string of the molecule is Cc1c(C#N)cc(C(F)F)cc1Oc1c(C(F)(F)C(C)(F)F)ncn(Cc2cc(F)c[nH]c2=O)c1=O. The maximum absolute atomic E-state index is 14.6. The molecule has 190 valence electrons. The molecular weight excluding hydrogens is 501 g/mol. The molecule has 0 unspecified atom stereocenters. The molecule has 2 aromatic heterocycles. The number of aromatic amines is 1. The number of nitrogens with one attached hydrogen (secondary N) is 1. The number of pyridine rings is 1. The van der Waals surface area contributed by atoms with Crippen LogP contribution < -0.4 is 15.9 Å². The van der Waals surface area contributed by atoms with Gasteiger partial charge in [-0.3, -0.25) is 14.2 Å². The third-order valence-electron chi connectivity index (χ3n) is 5.10. The number of benzene rings is 1. The Labute approximate surface area is 197 Å². The summed E-state index contributed by atoms with van der Waals surface area (Å²) in [7, 11) is 0. The molecule has 0 atom stereocenters. The summed E-state index contributed by atoms with van der Waals surface area (Å²) in [5.41, 5.74) is -5.80. The van der Waals surface area contributed by atoms with E-state index in [0.717, 1.165) is 18.3 Å². The summed E-state index contributed by atoms with van der Waals surface area (Å²) in [6.45, 7) is 0.326. The van der Waals surface area contributed by atoms with Gasteiger partial charge in [-0.1, -0.05) is 0 Å². The Morgan fingerprint density at radius 1 is 1.19 bits per heavy atom. The van der Waals surface area contributed by atoms with Crippen LogP contribution in [-0.4, -0.2) is 20.5 Å². The van der Waals surface area contributed by atoms with Crippen molar-refractivity contribution >= 4 is 0 Å². The first-order chi connectivity index (χ1) is 16.7. The maximum atomic E-state index is 14.6. The number of H-pyrrole nitrogens is 1. The summed E-state index contributed by atoms with van der Waals surface area (Å²) in [6, 6.07) is 3.80. The highest BCUT2D eigenvalue weighted by Gasteiger charge is 2.57. The average Bonchev–Trinajstić information content (AvgIpc) is 2.78. The van der Waals surface area contributed by atoms with Crippen LogP contribution >= 0.6 is 0 Å². The third kappa shape index (κ3) is 4.95. The van der Waals surface area contributed by atoms with Gasteiger partial charge < -0.3 is 9.72 Å². The Kier molecular flexibility index (Phi) is 6.97. The largest absolute Gasteiger partial charge is 0.449 e. The first-order valence-electron chi connectivity index (χ1n) is 9.90. The van der Waals surface area contributed by atoms with Crippen LogP contribution in [0.3, 0.4) is 0 Å². The lowest BCUT2D eigenvalue weighted by Gasteiger charge is -2.24. The first-order valence-corrected chi connectivity index (χ1v) is 9.90. The lowest BCUT2D eigenvalue weighted by atomic mass is 10.0. The molecule has 0 spiro atoms. The summed E-state index contributed by atoms with van der Waals surface area (Å²) in [5.74, 6) is -12.8. The van der Waals surface area contributed by atoms with E-state index >= 15 is 0 Å². The Bertz CT molecular complexity index is 1470. The monoisotopic (exact) mass is 516 g/mol. The Hall–Kier alpha value is -4.15. The molecule has 14 heteroatoms. The fraction of sp³-hybridized carbons (Fsp3) is 0.273. The van der Waals surface area contributed by atoms with E-state index in [1.165, 1.54) is 6.92 Å². The Balaban J connectivity index is 2.27. The van der Waals surface area contributed by atoms with E-state index in [-0.39, 0.29) is 23.6 Å². The van der Waals surface area contributed by atoms with Gasteiger partial charge in [0, 0.05) is 29.8 Å². The zero-order valence-corrected chi connectivity index (χ0v) is 18.4. The molecule has 1 aromatic carbocycles. The van der Waals surface area contributed by atoms with Crippen LogP contribution in [0.25, 0.3) is 0 Å². The average molecular weight is 516 g/mol. The normalized spacial score (nSPS) is 12.0. The van der Waals surface area contributed by atoms with E-state index in [1.807, 2.05) is 4.98 Å². The standard InChI is InChI=1S/C22H15F7N4O3/c1-10-12(6-30)3-11(18(24)25)5-15(10)36-16-17(22(28,29)21(2,26)27)32-9-33(20(16)35)8-13-4-14(23)7-31-19(13)34/h3-5,7,9,18H,8H2,1-2H3,(H,31,34). The molecule has 7 nitrogen and oxygen atoms in total. The van der Waals surface area contributed by atoms with Gasteiger partial charge >= 0.3 is 11.8 Å². The summed E-state index contributed by atoms with van der Waals surface area (Å²) in [5, 5.41) is 9.21. The molecule has 0 aliphatic carbocycles. The molecule has 0 fully saturated rings. The topological polar surface area (TPSA) is 101 Å². The predicted octanol–water partition coefficient (Wildman–Crippen LogP) is 4.78. The third-order valence-corrected chi connectivity index (χ3v) is 5.10. The number of alkyl halides is 6. The number of hydrogen-bond donors (Lipinski definition) is 1. The van der Waals surface area contributed by atoms with Crippen molar-refractivity contribution in [3.8, 4) is 17.6 Å². The van der Waals surface area contributed by atoms with E-state index in [9.17, 15) is 45.6 Å². The highest BCUT2D eigenvalue weighted by molar-refractivity contribution is 5.51. The molecule has 3 rings (SSSR count). The fourth-order valence-corrected chi connectivity index (χ4v) is 3.08. The van der Waals surface area contributed by atoms with Gasteiger partial charge in [0.1, 0.15) is 11.6 Å². The second kappa shape index (κ2) is 9.48. The molecule has 0 aliphatic heterocycles. The van der Waals surface area contributed by atoms with Crippen molar-refractivity contribution < 1.29 is 35.5 Å². The van der Waals surface area contributed by atoms with Crippen LogP contribution in [0.5, 0.6) is 11.5 Å². The second-order valence-corrected chi connectivity index (χ2v) is 7.70. The first kappa shape index (κ1) is 26.5. The molecule has 0 radical (unpaired) electrons. The van der Waals surface area contributed by atoms with Crippen LogP contribution in [0.2, 0.25) is 0 Å². The van der Waals surface area contributed by atoms with Gasteiger partial charge in [0.15, 0.2) is 5.69 Å². The highest BCUT2D eigenvalue weighted by Crippen LogP contribution is 2.45. The van der Waals surface area contributed by atoms with E-state index in [1.54, 1.807) is 6.07 Å². The van der Waals surface area contributed by atoms with Crippen LogP contribution in [0.1, 0.15) is 41.3 Å². The summed E-state index contributed by atoms with van der Waals surface area (Å²) in [6.07, 6.45) is -1.98. The van der Waals surface area contributed by atoms with Crippen molar-refractivity contribution in [2.75, 3.05) is 0 Å². The van der Waals surface area contributed by atoms with Crippen LogP contribution in [0.15, 0.2) is 40.3 Å². The van der Waals surface area contributed by atoms with Gasteiger partial charge in [-0.15, -0.1) is 0 Å². The van der Waals surface area contributed by atoms with E-state index < -0.39 is 64.5 Å². The summed E-state index contributed by atoms with van der Waals surface area (Å²) < 4.78 is 103. The van der Waals surface area contributed by atoms with Gasteiger partial charge in [-0.2, -0.15) is 22.8 Å². The van der Waals surface area contributed by atoms with Crippen molar-refractivity contribution in [2.45, 2.75) is 38.7 Å². The van der Waals surface area contributed by atoms with Crippen molar-refractivity contribution in [3.63, 3.8) is 0 Å². The smallest absolute Gasteiger partial charge is 0.355 e.